The zero-order valence-corrected chi connectivity index (χ0v) is 14.1. The maximum atomic E-state index is 5.69. The van der Waals surface area contributed by atoms with Crippen LogP contribution in [0.4, 0.5) is 11.4 Å². The Morgan fingerprint density at radius 3 is 1.95 bits per heavy atom. The van der Waals surface area contributed by atoms with Gasteiger partial charge in [0.1, 0.15) is 0 Å². The molecule has 0 spiro atoms. The summed E-state index contributed by atoms with van der Waals surface area (Å²) in [7, 11) is 3.52. The largest absolute Gasteiger partial charge is 0.399 e. The Balaban J connectivity index is 1.80. The van der Waals surface area contributed by atoms with Crippen molar-refractivity contribution in [1.82, 2.24) is 0 Å². The monoisotopic (exact) mass is 318 g/mol. The smallest absolute Gasteiger partial charge is 0.0340 e. The van der Waals surface area contributed by atoms with Crippen LogP contribution in [0.25, 0.3) is 0 Å². The quantitative estimate of drug-likeness (QED) is 0.520. The van der Waals surface area contributed by atoms with Gasteiger partial charge in [-0.3, -0.25) is 0 Å². The third-order valence-electron chi connectivity index (χ3n) is 3.02. The Bertz CT molecular complexity index is 536. The molecule has 0 aliphatic rings. The molecule has 0 unspecified atom stereocenters. The lowest BCUT2D eigenvalue weighted by Gasteiger charge is -2.09. The normalized spacial score (nSPS) is 10.8. The van der Waals surface area contributed by atoms with Crippen LogP contribution >= 0.6 is 21.6 Å². The summed E-state index contributed by atoms with van der Waals surface area (Å²) in [4.78, 5) is 2.47. The van der Waals surface area contributed by atoms with Crippen LogP contribution in [-0.2, 0) is 0 Å². The lowest BCUT2D eigenvalue weighted by atomic mass is 10.1. The summed E-state index contributed by atoms with van der Waals surface area (Å²) in [5, 5.41) is 3.45. The van der Waals surface area contributed by atoms with Crippen molar-refractivity contribution >= 4 is 33.0 Å². The minimum atomic E-state index is 0.739. The van der Waals surface area contributed by atoms with Gasteiger partial charge in [0.15, 0.2) is 0 Å². The fraction of sp³-hybridized carbons (Fsp3) is 0.294. The van der Waals surface area contributed by atoms with Gasteiger partial charge in [0.05, 0.1) is 0 Å². The third-order valence-corrected chi connectivity index (χ3v) is 5.44. The molecule has 0 aliphatic carbocycles. The van der Waals surface area contributed by atoms with Crippen molar-refractivity contribution in [3.05, 3.63) is 48.5 Å². The second kappa shape index (κ2) is 8.25. The van der Waals surface area contributed by atoms with E-state index in [4.69, 9.17) is 5.73 Å². The average molecular weight is 319 g/mol. The van der Waals surface area contributed by atoms with Gasteiger partial charge < -0.3 is 11.1 Å². The standard InChI is InChI=1S/C17H22N2S2/c1-13(2)11-12-19-15-5-9-17(10-6-15)21-20-16-7-3-14(18)4-8-16/h3-10,13,19H,11-12,18H2,1-2H3. The van der Waals surface area contributed by atoms with E-state index in [1.54, 1.807) is 21.6 Å². The fourth-order valence-corrected chi connectivity index (χ4v) is 3.68. The van der Waals surface area contributed by atoms with Gasteiger partial charge in [-0.15, -0.1) is 0 Å². The molecule has 0 aromatic heterocycles. The number of hydrogen-bond donors (Lipinski definition) is 2. The molecule has 21 heavy (non-hydrogen) atoms. The first-order valence-corrected chi connectivity index (χ1v) is 9.32. The van der Waals surface area contributed by atoms with Crippen LogP contribution in [0, 0.1) is 5.92 Å². The molecule has 112 valence electrons. The van der Waals surface area contributed by atoms with E-state index in [-0.39, 0.29) is 0 Å². The highest BCUT2D eigenvalue weighted by atomic mass is 33.1. The van der Waals surface area contributed by atoms with Crippen LogP contribution in [0.15, 0.2) is 58.3 Å². The van der Waals surface area contributed by atoms with Crippen molar-refractivity contribution in [2.45, 2.75) is 30.1 Å². The summed E-state index contributed by atoms with van der Waals surface area (Å²) in [6.07, 6.45) is 1.20. The molecule has 0 atom stereocenters. The zero-order valence-electron chi connectivity index (χ0n) is 12.5. The van der Waals surface area contributed by atoms with Gasteiger partial charge in [-0.25, -0.2) is 0 Å². The zero-order chi connectivity index (χ0) is 15.1. The number of benzene rings is 2. The Kier molecular flexibility index (Phi) is 6.33. The van der Waals surface area contributed by atoms with Crippen molar-refractivity contribution in [1.29, 1.82) is 0 Å². The van der Waals surface area contributed by atoms with Crippen LogP contribution < -0.4 is 11.1 Å². The molecule has 0 saturated heterocycles. The molecule has 0 aliphatic heterocycles. The Hall–Kier alpha value is -1.26. The molecule has 0 amide bonds. The summed E-state index contributed by atoms with van der Waals surface area (Å²) >= 11 is 0. The van der Waals surface area contributed by atoms with E-state index in [0.717, 1.165) is 18.2 Å². The maximum Gasteiger partial charge on any atom is 0.0340 e. The van der Waals surface area contributed by atoms with Crippen LogP contribution in [0.5, 0.6) is 0 Å². The number of hydrogen-bond acceptors (Lipinski definition) is 4. The molecule has 2 aromatic rings. The molecule has 0 saturated carbocycles. The van der Waals surface area contributed by atoms with Crippen LogP contribution in [-0.4, -0.2) is 6.54 Å². The average Bonchev–Trinajstić information content (AvgIpc) is 2.48. The molecule has 4 heteroatoms. The molecule has 0 bridgehead atoms. The van der Waals surface area contributed by atoms with Crippen molar-refractivity contribution in [3.63, 3.8) is 0 Å². The SMILES string of the molecule is CC(C)CCNc1ccc(SSc2ccc(N)cc2)cc1. The lowest BCUT2D eigenvalue weighted by Crippen LogP contribution is -2.04. The molecular formula is C17H22N2S2. The molecule has 0 radical (unpaired) electrons. The van der Waals surface area contributed by atoms with Gasteiger partial charge in [0.25, 0.3) is 0 Å². The van der Waals surface area contributed by atoms with E-state index in [0.29, 0.717) is 0 Å². The minimum Gasteiger partial charge on any atom is -0.399 e. The van der Waals surface area contributed by atoms with Gasteiger partial charge in [-0.2, -0.15) is 0 Å². The Morgan fingerprint density at radius 1 is 0.905 bits per heavy atom. The Morgan fingerprint density at radius 2 is 1.43 bits per heavy atom. The summed E-state index contributed by atoms with van der Waals surface area (Å²) < 4.78 is 0. The van der Waals surface area contributed by atoms with E-state index in [9.17, 15) is 0 Å². The van der Waals surface area contributed by atoms with Crippen LogP contribution in [0.3, 0.4) is 0 Å². The van der Waals surface area contributed by atoms with E-state index in [1.807, 2.05) is 12.1 Å². The van der Waals surface area contributed by atoms with Gasteiger partial charge >= 0.3 is 0 Å². The highest BCUT2D eigenvalue weighted by Gasteiger charge is 1.99. The van der Waals surface area contributed by atoms with Crippen molar-refractivity contribution in [2.24, 2.45) is 5.92 Å². The first-order chi connectivity index (χ1) is 10.1. The molecular weight excluding hydrogens is 296 g/mol. The topological polar surface area (TPSA) is 38.0 Å². The predicted octanol–water partition coefficient (Wildman–Crippen LogP) is 5.53. The lowest BCUT2D eigenvalue weighted by molar-refractivity contribution is 0.607. The minimum absolute atomic E-state index is 0.739. The van der Waals surface area contributed by atoms with E-state index in [2.05, 4.69) is 55.6 Å². The molecule has 0 fully saturated rings. The number of rotatable bonds is 7. The number of nitrogens with two attached hydrogens (primary N) is 1. The van der Waals surface area contributed by atoms with Gasteiger partial charge in [-0.1, -0.05) is 35.4 Å². The maximum absolute atomic E-state index is 5.69. The van der Waals surface area contributed by atoms with Gasteiger partial charge in [-0.05, 0) is 60.9 Å². The highest BCUT2D eigenvalue weighted by Crippen LogP contribution is 2.37. The predicted molar refractivity (Wildman–Crippen MR) is 97.0 cm³/mol. The van der Waals surface area contributed by atoms with E-state index < -0.39 is 0 Å². The Labute approximate surface area is 135 Å². The van der Waals surface area contributed by atoms with Gasteiger partial charge in [0, 0.05) is 27.7 Å². The van der Waals surface area contributed by atoms with Crippen LogP contribution in [0.1, 0.15) is 20.3 Å². The fourth-order valence-electron chi connectivity index (χ4n) is 1.75. The molecule has 2 aromatic carbocycles. The first kappa shape index (κ1) is 16.1. The number of anilines is 2. The van der Waals surface area contributed by atoms with Gasteiger partial charge in [0.2, 0.25) is 0 Å². The summed E-state index contributed by atoms with van der Waals surface area (Å²) in [5.41, 5.74) is 7.68. The van der Waals surface area contributed by atoms with Crippen molar-refractivity contribution in [2.75, 3.05) is 17.6 Å². The van der Waals surface area contributed by atoms with Crippen LogP contribution in [0.2, 0.25) is 0 Å². The number of nitrogens with one attached hydrogen (secondary N) is 1. The third kappa shape index (κ3) is 5.94. The van der Waals surface area contributed by atoms with Crippen molar-refractivity contribution < 1.29 is 0 Å². The van der Waals surface area contributed by atoms with Crippen molar-refractivity contribution in [3.8, 4) is 0 Å². The second-order valence-corrected chi connectivity index (χ2v) is 7.65. The molecule has 2 rings (SSSR count). The molecule has 3 N–H and O–H groups in total. The first-order valence-electron chi connectivity index (χ1n) is 7.17. The highest BCUT2D eigenvalue weighted by molar-refractivity contribution is 8.76. The molecule has 2 nitrogen and oxygen atoms in total. The number of nitrogen functional groups attached to an aromatic ring is 1. The van der Waals surface area contributed by atoms with E-state index >= 15 is 0 Å². The van der Waals surface area contributed by atoms with E-state index in [1.165, 1.54) is 21.9 Å². The second-order valence-electron chi connectivity index (χ2n) is 5.37. The molecule has 0 heterocycles. The summed E-state index contributed by atoms with van der Waals surface area (Å²) in [6, 6.07) is 16.6. The summed E-state index contributed by atoms with van der Waals surface area (Å²) in [6.45, 7) is 5.52. The summed E-state index contributed by atoms with van der Waals surface area (Å²) in [5.74, 6) is 0.739.